The molecule has 0 radical (unpaired) electrons. The summed E-state index contributed by atoms with van der Waals surface area (Å²) in [5.41, 5.74) is 5.04. The van der Waals surface area contributed by atoms with Crippen molar-refractivity contribution in [3.8, 4) is 0 Å². The second kappa shape index (κ2) is 3.41. The van der Waals surface area contributed by atoms with Crippen molar-refractivity contribution in [3.63, 3.8) is 0 Å². The molecule has 0 amide bonds. The monoisotopic (exact) mass is 212 g/mol. The van der Waals surface area contributed by atoms with Gasteiger partial charge in [0.15, 0.2) is 5.78 Å². The van der Waals surface area contributed by atoms with Gasteiger partial charge in [0.1, 0.15) is 6.29 Å². The maximum atomic E-state index is 11.9. The number of Topliss-reactive ketones (excluding diaryl/α,β-unsaturated/α-hetero) is 1. The number of ketones is 1. The van der Waals surface area contributed by atoms with Gasteiger partial charge in [0.05, 0.1) is 0 Å². The van der Waals surface area contributed by atoms with E-state index in [1.165, 1.54) is 11.1 Å². The molecule has 0 bridgehead atoms. The topological polar surface area (TPSA) is 34.1 Å². The van der Waals surface area contributed by atoms with Crippen LogP contribution in [-0.2, 0) is 11.2 Å². The fourth-order valence-corrected chi connectivity index (χ4v) is 2.71. The molecule has 1 aromatic carbocycles. The summed E-state index contributed by atoms with van der Waals surface area (Å²) in [4.78, 5) is 22.6. The molecule has 0 N–H and O–H groups in total. The van der Waals surface area contributed by atoms with Gasteiger partial charge in [-0.05, 0) is 36.5 Å². The standard InChI is InChI=1S/C14H12O2/c15-8-9-4-5-10-7-11-2-1-3-13(16)14(11)12(10)6-9/h4-6,8H,1-3,7H2. The Labute approximate surface area is 94.0 Å². The van der Waals surface area contributed by atoms with E-state index in [-0.39, 0.29) is 5.78 Å². The van der Waals surface area contributed by atoms with Crippen LogP contribution in [0.5, 0.6) is 0 Å². The van der Waals surface area contributed by atoms with Crippen LogP contribution < -0.4 is 0 Å². The Balaban J connectivity index is 2.17. The Bertz CT molecular complexity index is 524. The molecule has 2 aliphatic rings. The van der Waals surface area contributed by atoms with Gasteiger partial charge >= 0.3 is 0 Å². The third-order valence-electron chi connectivity index (χ3n) is 3.46. The molecule has 0 atom stereocenters. The average Bonchev–Trinajstić information content (AvgIpc) is 2.67. The number of aldehydes is 1. The molecule has 16 heavy (non-hydrogen) atoms. The number of rotatable bonds is 1. The lowest BCUT2D eigenvalue weighted by molar-refractivity contribution is -0.114. The van der Waals surface area contributed by atoms with Crippen molar-refractivity contribution in [2.45, 2.75) is 25.7 Å². The highest BCUT2D eigenvalue weighted by Gasteiger charge is 2.28. The van der Waals surface area contributed by atoms with E-state index >= 15 is 0 Å². The van der Waals surface area contributed by atoms with Gasteiger partial charge in [-0.25, -0.2) is 0 Å². The Morgan fingerprint density at radius 3 is 2.88 bits per heavy atom. The van der Waals surface area contributed by atoms with E-state index in [1.54, 1.807) is 0 Å². The van der Waals surface area contributed by atoms with Gasteiger partial charge in [-0.15, -0.1) is 0 Å². The molecule has 1 aromatic rings. The molecule has 2 nitrogen and oxygen atoms in total. The number of hydrogen-bond donors (Lipinski definition) is 0. The molecule has 0 unspecified atom stereocenters. The molecule has 0 saturated carbocycles. The summed E-state index contributed by atoms with van der Waals surface area (Å²) >= 11 is 0. The van der Waals surface area contributed by atoms with Gasteiger partial charge < -0.3 is 0 Å². The SMILES string of the molecule is O=Cc1ccc2c(c1)C1=C(CCCC1=O)C2. The van der Waals surface area contributed by atoms with Crippen molar-refractivity contribution in [1.29, 1.82) is 0 Å². The number of fused-ring (bicyclic) bond motifs is 2. The minimum atomic E-state index is 0.253. The number of allylic oxidation sites excluding steroid dienone is 2. The first kappa shape index (κ1) is 9.52. The normalized spacial score (nSPS) is 18.4. The minimum Gasteiger partial charge on any atom is -0.298 e. The van der Waals surface area contributed by atoms with E-state index in [0.717, 1.165) is 36.7 Å². The summed E-state index contributed by atoms with van der Waals surface area (Å²) in [6, 6.07) is 5.66. The fraction of sp³-hybridized carbons (Fsp3) is 0.286. The predicted octanol–water partition coefficient (Wildman–Crippen LogP) is 2.56. The number of hydrogen-bond acceptors (Lipinski definition) is 2. The smallest absolute Gasteiger partial charge is 0.163 e. The summed E-state index contributed by atoms with van der Waals surface area (Å²) in [6.07, 6.45) is 4.41. The lowest BCUT2D eigenvalue weighted by atomic mass is 9.90. The largest absolute Gasteiger partial charge is 0.298 e. The fourth-order valence-electron chi connectivity index (χ4n) is 2.71. The van der Waals surface area contributed by atoms with Crippen LogP contribution in [-0.4, -0.2) is 12.1 Å². The zero-order valence-corrected chi connectivity index (χ0v) is 8.95. The summed E-state index contributed by atoms with van der Waals surface area (Å²) in [5.74, 6) is 0.253. The third-order valence-corrected chi connectivity index (χ3v) is 3.46. The molecule has 80 valence electrons. The molecule has 0 aromatic heterocycles. The van der Waals surface area contributed by atoms with Crippen molar-refractivity contribution in [1.82, 2.24) is 0 Å². The molecular formula is C14H12O2. The Morgan fingerprint density at radius 2 is 2.06 bits per heavy atom. The average molecular weight is 212 g/mol. The van der Waals surface area contributed by atoms with Crippen molar-refractivity contribution in [2.24, 2.45) is 0 Å². The van der Waals surface area contributed by atoms with E-state index in [2.05, 4.69) is 0 Å². The van der Waals surface area contributed by atoms with E-state index in [1.807, 2.05) is 18.2 Å². The molecule has 0 heterocycles. The quantitative estimate of drug-likeness (QED) is 0.670. The van der Waals surface area contributed by atoms with Crippen LogP contribution in [0.4, 0.5) is 0 Å². The molecule has 2 aliphatic carbocycles. The van der Waals surface area contributed by atoms with E-state index in [9.17, 15) is 9.59 Å². The molecule has 0 spiro atoms. The molecule has 0 aliphatic heterocycles. The first-order chi connectivity index (χ1) is 7.79. The van der Waals surface area contributed by atoms with Crippen LogP contribution in [0.1, 0.15) is 40.7 Å². The molecule has 3 rings (SSSR count). The van der Waals surface area contributed by atoms with E-state index < -0.39 is 0 Å². The first-order valence-electron chi connectivity index (χ1n) is 5.63. The minimum absolute atomic E-state index is 0.253. The molecular weight excluding hydrogens is 200 g/mol. The maximum absolute atomic E-state index is 11.9. The highest BCUT2D eigenvalue weighted by Crippen LogP contribution is 2.39. The highest BCUT2D eigenvalue weighted by atomic mass is 16.1. The van der Waals surface area contributed by atoms with E-state index in [4.69, 9.17) is 0 Å². The predicted molar refractivity (Wildman–Crippen MR) is 61.3 cm³/mol. The summed E-state index contributed by atoms with van der Waals surface area (Å²) in [7, 11) is 0. The van der Waals surface area contributed by atoms with Crippen molar-refractivity contribution in [3.05, 3.63) is 40.5 Å². The number of benzene rings is 1. The second-order valence-electron chi connectivity index (χ2n) is 4.47. The van der Waals surface area contributed by atoms with Gasteiger partial charge in [-0.2, -0.15) is 0 Å². The van der Waals surface area contributed by atoms with Crippen LogP contribution in [0.3, 0.4) is 0 Å². The molecule has 2 heteroatoms. The van der Waals surface area contributed by atoms with Gasteiger partial charge in [-0.3, -0.25) is 9.59 Å². The zero-order chi connectivity index (χ0) is 11.1. The summed E-state index contributed by atoms with van der Waals surface area (Å²) in [5, 5.41) is 0. The molecule has 0 saturated heterocycles. The first-order valence-corrected chi connectivity index (χ1v) is 5.63. The highest BCUT2D eigenvalue weighted by molar-refractivity contribution is 6.24. The van der Waals surface area contributed by atoms with Crippen LogP contribution in [0.15, 0.2) is 23.8 Å². The van der Waals surface area contributed by atoms with E-state index in [0.29, 0.717) is 12.0 Å². The van der Waals surface area contributed by atoms with Crippen LogP contribution in [0, 0.1) is 0 Å². The number of carbonyl (C=O) groups is 2. The number of carbonyl (C=O) groups excluding carboxylic acids is 2. The third kappa shape index (κ3) is 1.26. The van der Waals surface area contributed by atoms with Crippen molar-refractivity contribution >= 4 is 17.6 Å². The molecule has 0 fully saturated rings. The van der Waals surface area contributed by atoms with Crippen molar-refractivity contribution < 1.29 is 9.59 Å². The van der Waals surface area contributed by atoms with Gasteiger partial charge in [0, 0.05) is 17.6 Å². The van der Waals surface area contributed by atoms with Crippen LogP contribution in [0.2, 0.25) is 0 Å². The lowest BCUT2D eigenvalue weighted by Crippen LogP contribution is -2.07. The van der Waals surface area contributed by atoms with Crippen LogP contribution >= 0.6 is 0 Å². The zero-order valence-electron chi connectivity index (χ0n) is 8.95. The summed E-state index contributed by atoms with van der Waals surface area (Å²) in [6.45, 7) is 0. The Hall–Kier alpha value is -1.70. The summed E-state index contributed by atoms with van der Waals surface area (Å²) < 4.78 is 0. The van der Waals surface area contributed by atoms with Gasteiger partial charge in [0.25, 0.3) is 0 Å². The van der Waals surface area contributed by atoms with Crippen molar-refractivity contribution in [2.75, 3.05) is 0 Å². The maximum Gasteiger partial charge on any atom is 0.163 e. The second-order valence-corrected chi connectivity index (χ2v) is 4.47. The Kier molecular flexibility index (Phi) is 2.03. The van der Waals surface area contributed by atoms with Crippen LogP contribution in [0.25, 0.3) is 5.57 Å². The van der Waals surface area contributed by atoms with Gasteiger partial charge in [-0.1, -0.05) is 17.7 Å². The van der Waals surface area contributed by atoms with Gasteiger partial charge in [0.2, 0.25) is 0 Å². The Morgan fingerprint density at radius 1 is 1.19 bits per heavy atom. The lowest BCUT2D eigenvalue weighted by Gasteiger charge is -2.12.